The summed E-state index contributed by atoms with van der Waals surface area (Å²) in [5, 5.41) is 3.36. The molecule has 1 heterocycles. The Hall–Kier alpha value is -1.88. The van der Waals surface area contributed by atoms with Crippen molar-refractivity contribution in [1.29, 1.82) is 0 Å². The maximum atomic E-state index is 13.1. The fourth-order valence-corrected chi connectivity index (χ4v) is 4.26. The molecule has 0 saturated carbocycles. The van der Waals surface area contributed by atoms with Gasteiger partial charge in [-0.1, -0.05) is 24.3 Å². The molecule has 170 valence electrons. The van der Waals surface area contributed by atoms with Crippen molar-refractivity contribution in [2.24, 2.45) is 4.99 Å². The Labute approximate surface area is 201 Å². The lowest BCUT2D eigenvalue weighted by molar-refractivity contribution is 0.372. The lowest BCUT2D eigenvalue weighted by Gasteiger charge is -2.37. The third kappa shape index (κ3) is 7.95. The molecule has 1 saturated heterocycles. The first-order chi connectivity index (χ1) is 14.3. The Morgan fingerprint density at radius 1 is 1.00 bits per heavy atom. The molecular weight excluding hydrogens is 530 g/mol. The van der Waals surface area contributed by atoms with Crippen molar-refractivity contribution in [1.82, 2.24) is 10.2 Å². The molecule has 0 amide bonds. The van der Waals surface area contributed by atoms with Crippen molar-refractivity contribution in [2.45, 2.75) is 19.2 Å². The van der Waals surface area contributed by atoms with E-state index in [1.807, 2.05) is 43.3 Å². The molecule has 3 rings (SSSR count). The van der Waals surface area contributed by atoms with Crippen LogP contribution in [-0.4, -0.2) is 58.3 Å². The maximum Gasteiger partial charge on any atom is 0.194 e. The fraction of sp³-hybridized carbons (Fsp3) is 0.409. The van der Waals surface area contributed by atoms with E-state index in [0.29, 0.717) is 6.54 Å². The lowest BCUT2D eigenvalue weighted by atomic mass is 10.1. The molecule has 0 atom stereocenters. The van der Waals surface area contributed by atoms with Crippen LogP contribution in [0.3, 0.4) is 0 Å². The van der Waals surface area contributed by atoms with E-state index in [9.17, 15) is 12.8 Å². The predicted octanol–water partition coefficient (Wildman–Crippen LogP) is 3.28. The highest BCUT2D eigenvalue weighted by atomic mass is 127. The van der Waals surface area contributed by atoms with E-state index >= 15 is 0 Å². The number of hydrogen-bond donors (Lipinski definition) is 1. The van der Waals surface area contributed by atoms with Crippen LogP contribution in [0, 0.1) is 5.82 Å². The number of hydrogen-bond acceptors (Lipinski definition) is 4. The molecule has 1 fully saturated rings. The summed E-state index contributed by atoms with van der Waals surface area (Å²) in [5.74, 6) is 0.706. The third-order valence-corrected chi connectivity index (χ3v) is 5.83. The Morgan fingerprint density at radius 2 is 1.58 bits per heavy atom. The minimum atomic E-state index is -3.03. The molecular formula is C22H30FIN4O2S. The van der Waals surface area contributed by atoms with E-state index in [-0.39, 0.29) is 35.5 Å². The van der Waals surface area contributed by atoms with Crippen molar-refractivity contribution in [3.05, 3.63) is 65.5 Å². The van der Waals surface area contributed by atoms with Gasteiger partial charge in [0.05, 0.1) is 12.3 Å². The third-order valence-electron chi connectivity index (χ3n) is 4.97. The SMILES string of the molecule is CCNC(=NCc1ccc(CS(C)(=O)=O)cc1)N1CCN(c2ccc(F)cc2)CC1.I. The summed E-state index contributed by atoms with van der Waals surface area (Å²) in [6.07, 6.45) is 1.24. The first-order valence-corrected chi connectivity index (χ1v) is 12.2. The second-order valence-electron chi connectivity index (χ2n) is 7.51. The number of anilines is 1. The summed E-state index contributed by atoms with van der Waals surface area (Å²) in [5.41, 5.74) is 2.86. The summed E-state index contributed by atoms with van der Waals surface area (Å²) in [6, 6.07) is 14.2. The van der Waals surface area contributed by atoms with Crippen LogP contribution < -0.4 is 10.2 Å². The highest BCUT2D eigenvalue weighted by Gasteiger charge is 2.19. The zero-order valence-electron chi connectivity index (χ0n) is 17.9. The topological polar surface area (TPSA) is 65.0 Å². The van der Waals surface area contributed by atoms with E-state index in [2.05, 4.69) is 15.1 Å². The van der Waals surface area contributed by atoms with Crippen LogP contribution in [0.15, 0.2) is 53.5 Å². The van der Waals surface area contributed by atoms with E-state index in [0.717, 1.165) is 55.5 Å². The van der Waals surface area contributed by atoms with Gasteiger partial charge in [-0.25, -0.2) is 17.8 Å². The molecule has 2 aromatic rings. The number of nitrogens with zero attached hydrogens (tertiary/aromatic N) is 3. The molecule has 0 bridgehead atoms. The molecule has 0 unspecified atom stereocenters. The van der Waals surface area contributed by atoms with Gasteiger partial charge in [-0.2, -0.15) is 0 Å². The monoisotopic (exact) mass is 560 g/mol. The average molecular weight is 560 g/mol. The van der Waals surface area contributed by atoms with Crippen molar-refractivity contribution in [3.63, 3.8) is 0 Å². The maximum absolute atomic E-state index is 13.1. The first kappa shape index (κ1) is 25.4. The van der Waals surface area contributed by atoms with Crippen molar-refractivity contribution < 1.29 is 12.8 Å². The quantitative estimate of drug-likeness (QED) is 0.334. The van der Waals surface area contributed by atoms with E-state index in [4.69, 9.17) is 4.99 Å². The van der Waals surface area contributed by atoms with Crippen LogP contribution in [0.5, 0.6) is 0 Å². The lowest BCUT2D eigenvalue weighted by Crippen LogP contribution is -2.52. The van der Waals surface area contributed by atoms with Gasteiger partial charge in [-0.15, -0.1) is 24.0 Å². The minimum absolute atomic E-state index is 0. The van der Waals surface area contributed by atoms with Gasteiger partial charge in [-0.3, -0.25) is 0 Å². The van der Waals surface area contributed by atoms with Crippen LogP contribution in [0.2, 0.25) is 0 Å². The molecule has 2 aromatic carbocycles. The standard InChI is InChI=1S/C22H29FN4O2S.HI/c1-3-24-22(25-16-18-4-6-19(7-5-18)17-30(2,28)29)27-14-12-26(13-15-27)21-10-8-20(23)9-11-21;/h4-11H,3,12-17H2,1-2H3,(H,24,25);1H. The van der Waals surface area contributed by atoms with E-state index in [1.54, 1.807) is 0 Å². The van der Waals surface area contributed by atoms with Crippen molar-refractivity contribution in [3.8, 4) is 0 Å². The van der Waals surface area contributed by atoms with E-state index < -0.39 is 9.84 Å². The van der Waals surface area contributed by atoms with Gasteiger partial charge in [0.2, 0.25) is 0 Å². The van der Waals surface area contributed by atoms with Crippen LogP contribution in [-0.2, 0) is 22.1 Å². The van der Waals surface area contributed by atoms with Gasteiger partial charge >= 0.3 is 0 Å². The molecule has 1 N–H and O–H groups in total. The number of aliphatic imine (C=N–C) groups is 1. The number of nitrogens with one attached hydrogen (secondary N) is 1. The van der Waals surface area contributed by atoms with Gasteiger partial charge in [0.15, 0.2) is 15.8 Å². The number of sulfone groups is 1. The largest absolute Gasteiger partial charge is 0.368 e. The molecule has 0 spiro atoms. The Bertz CT molecular complexity index is 958. The van der Waals surface area contributed by atoms with Crippen LogP contribution in [0.25, 0.3) is 0 Å². The van der Waals surface area contributed by atoms with Crippen molar-refractivity contribution >= 4 is 45.5 Å². The second-order valence-corrected chi connectivity index (χ2v) is 9.65. The highest BCUT2D eigenvalue weighted by molar-refractivity contribution is 14.0. The normalized spacial score (nSPS) is 14.9. The number of guanidine groups is 1. The summed E-state index contributed by atoms with van der Waals surface area (Å²) >= 11 is 0. The zero-order chi connectivity index (χ0) is 21.6. The van der Waals surface area contributed by atoms with Crippen molar-refractivity contribution in [2.75, 3.05) is 43.9 Å². The fourth-order valence-electron chi connectivity index (χ4n) is 3.46. The Kier molecular flexibility index (Phi) is 9.54. The highest BCUT2D eigenvalue weighted by Crippen LogP contribution is 2.17. The number of halogens is 2. The smallest absolute Gasteiger partial charge is 0.194 e. The Morgan fingerprint density at radius 3 is 2.13 bits per heavy atom. The molecule has 0 aromatic heterocycles. The summed E-state index contributed by atoms with van der Waals surface area (Å²) < 4.78 is 36.0. The molecule has 0 radical (unpaired) electrons. The average Bonchev–Trinajstić information content (AvgIpc) is 2.72. The van der Waals surface area contributed by atoms with Gasteiger partial charge in [0.25, 0.3) is 0 Å². The van der Waals surface area contributed by atoms with Gasteiger partial charge in [-0.05, 0) is 42.3 Å². The van der Waals surface area contributed by atoms with Crippen LogP contribution >= 0.6 is 24.0 Å². The molecule has 0 aliphatic carbocycles. The van der Waals surface area contributed by atoms with Gasteiger partial charge in [0.1, 0.15) is 5.82 Å². The summed E-state index contributed by atoms with van der Waals surface area (Å²) in [4.78, 5) is 9.25. The van der Waals surface area contributed by atoms with Crippen LogP contribution in [0.4, 0.5) is 10.1 Å². The minimum Gasteiger partial charge on any atom is -0.368 e. The first-order valence-electron chi connectivity index (χ1n) is 10.1. The number of benzene rings is 2. The molecule has 6 nitrogen and oxygen atoms in total. The van der Waals surface area contributed by atoms with Gasteiger partial charge in [0, 0.05) is 44.7 Å². The summed E-state index contributed by atoms with van der Waals surface area (Å²) in [7, 11) is -3.03. The molecule has 1 aliphatic heterocycles. The Balaban J connectivity index is 0.00000341. The number of rotatable bonds is 6. The predicted molar refractivity (Wildman–Crippen MR) is 135 cm³/mol. The van der Waals surface area contributed by atoms with Crippen LogP contribution in [0.1, 0.15) is 18.1 Å². The second kappa shape index (κ2) is 11.7. The molecule has 1 aliphatic rings. The summed E-state index contributed by atoms with van der Waals surface area (Å²) in [6.45, 7) is 6.70. The molecule has 9 heteroatoms. The van der Waals surface area contributed by atoms with Gasteiger partial charge < -0.3 is 15.1 Å². The zero-order valence-corrected chi connectivity index (χ0v) is 21.1. The number of piperazine rings is 1. The molecule has 31 heavy (non-hydrogen) atoms. The van der Waals surface area contributed by atoms with E-state index in [1.165, 1.54) is 18.4 Å².